The van der Waals surface area contributed by atoms with Gasteiger partial charge in [-0.05, 0) is 41.8 Å². The third-order valence-electron chi connectivity index (χ3n) is 6.04. The van der Waals surface area contributed by atoms with Crippen LogP contribution in [0.15, 0.2) is 82.5 Å². The Labute approximate surface area is 207 Å². The number of benzene rings is 3. The molecular formula is C27H24ClN3O2S. The summed E-state index contributed by atoms with van der Waals surface area (Å²) in [5.74, 6) is 0.896. The Kier molecular flexibility index (Phi) is 6.70. The summed E-state index contributed by atoms with van der Waals surface area (Å²) < 4.78 is 1.72. The van der Waals surface area contributed by atoms with Gasteiger partial charge in [0, 0.05) is 28.5 Å². The second kappa shape index (κ2) is 10.0. The molecule has 0 unspecified atom stereocenters. The molecular weight excluding hydrogens is 466 g/mol. The second-order valence-electron chi connectivity index (χ2n) is 8.36. The monoisotopic (exact) mass is 489 g/mol. The van der Waals surface area contributed by atoms with Crippen LogP contribution in [0.3, 0.4) is 0 Å². The zero-order chi connectivity index (χ0) is 23.5. The Hall–Kier alpha value is -3.09. The quantitative estimate of drug-likeness (QED) is 0.394. The van der Waals surface area contributed by atoms with E-state index >= 15 is 0 Å². The largest absolute Gasteiger partial charge is 0.349 e. The highest BCUT2D eigenvalue weighted by Gasteiger charge is 2.22. The average Bonchev–Trinajstić information content (AvgIpc) is 2.85. The van der Waals surface area contributed by atoms with Gasteiger partial charge in [0.25, 0.3) is 5.56 Å². The molecule has 0 aliphatic carbocycles. The minimum absolute atomic E-state index is 0.00283. The number of hydrogen-bond acceptors (Lipinski definition) is 4. The van der Waals surface area contributed by atoms with E-state index in [-0.39, 0.29) is 30.3 Å². The van der Waals surface area contributed by atoms with E-state index in [1.807, 2.05) is 60.3 Å². The first kappa shape index (κ1) is 22.7. The fraction of sp³-hybridized carbons (Fsp3) is 0.222. The molecule has 7 heteroatoms. The minimum Gasteiger partial charge on any atom is -0.349 e. The molecule has 1 aromatic heterocycles. The fourth-order valence-corrected chi connectivity index (χ4v) is 5.64. The molecule has 0 bridgehead atoms. The third-order valence-corrected chi connectivity index (χ3v) is 7.40. The standard InChI is InChI=1S/C27H24ClN3O2S/c28-19-10-12-24-23(16-19)29-22(27(33)31(24)17-18-6-2-1-3-7-18)11-13-26(32)30-21-14-15-34-25-9-5-4-8-20(21)25/h1-10,12,16,21H,11,13-15,17H2,(H,30,32)/t21-/m1/s1. The van der Waals surface area contributed by atoms with Gasteiger partial charge in [-0.2, -0.15) is 0 Å². The van der Waals surface area contributed by atoms with Gasteiger partial charge in [0.1, 0.15) is 5.69 Å². The van der Waals surface area contributed by atoms with Crippen molar-refractivity contribution >= 4 is 40.3 Å². The van der Waals surface area contributed by atoms with Crippen molar-refractivity contribution in [3.8, 4) is 0 Å². The van der Waals surface area contributed by atoms with Crippen LogP contribution in [-0.4, -0.2) is 21.2 Å². The molecule has 5 nitrogen and oxygen atoms in total. The summed E-state index contributed by atoms with van der Waals surface area (Å²) in [6.07, 6.45) is 1.36. The molecule has 1 amide bonds. The lowest BCUT2D eigenvalue weighted by Crippen LogP contribution is -2.32. The van der Waals surface area contributed by atoms with Crippen LogP contribution in [-0.2, 0) is 17.8 Å². The number of halogens is 1. The first-order valence-corrected chi connectivity index (χ1v) is 12.7. The Balaban J connectivity index is 1.38. The van der Waals surface area contributed by atoms with Crippen LogP contribution in [0.2, 0.25) is 5.02 Å². The number of fused-ring (bicyclic) bond motifs is 2. The van der Waals surface area contributed by atoms with Crippen LogP contribution in [0.5, 0.6) is 0 Å². The van der Waals surface area contributed by atoms with Crippen molar-refractivity contribution in [3.63, 3.8) is 0 Å². The number of thioether (sulfide) groups is 1. The van der Waals surface area contributed by atoms with Crippen molar-refractivity contribution in [2.24, 2.45) is 0 Å². The number of nitrogens with one attached hydrogen (secondary N) is 1. The van der Waals surface area contributed by atoms with Crippen molar-refractivity contribution in [1.82, 2.24) is 14.9 Å². The molecule has 172 valence electrons. The van der Waals surface area contributed by atoms with Gasteiger partial charge in [-0.1, -0.05) is 60.1 Å². The number of nitrogens with zero attached hydrogens (tertiary/aromatic N) is 2. The highest BCUT2D eigenvalue weighted by atomic mass is 35.5. The van der Waals surface area contributed by atoms with Crippen molar-refractivity contribution < 1.29 is 4.79 Å². The normalized spacial score (nSPS) is 15.1. The summed E-state index contributed by atoms with van der Waals surface area (Å²) in [6.45, 7) is 0.427. The van der Waals surface area contributed by atoms with E-state index in [2.05, 4.69) is 22.4 Å². The molecule has 0 saturated carbocycles. The van der Waals surface area contributed by atoms with E-state index in [0.29, 0.717) is 22.8 Å². The van der Waals surface area contributed by atoms with Gasteiger partial charge in [-0.25, -0.2) is 4.98 Å². The zero-order valence-electron chi connectivity index (χ0n) is 18.5. The summed E-state index contributed by atoms with van der Waals surface area (Å²) in [4.78, 5) is 32.0. The average molecular weight is 490 g/mol. The highest BCUT2D eigenvalue weighted by molar-refractivity contribution is 7.99. The molecule has 4 aromatic rings. The Morgan fingerprint density at radius 2 is 1.88 bits per heavy atom. The molecule has 0 spiro atoms. The van der Waals surface area contributed by atoms with Gasteiger partial charge < -0.3 is 9.88 Å². The topological polar surface area (TPSA) is 64.0 Å². The van der Waals surface area contributed by atoms with Gasteiger partial charge in [0.2, 0.25) is 5.91 Å². The van der Waals surface area contributed by atoms with E-state index in [9.17, 15) is 9.59 Å². The summed E-state index contributed by atoms with van der Waals surface area (Å²) in [5.41, 5.74) is 3.76. The number of carbonyl (C=O) groups excluding carboxylic acids is 1. The molecule has 34 heavy (non-hydrogen) atoms. The number of aromatic nitrogens is 2. The third kappa shape index (κ3) is 4.88. The van der Waals surface area contributed by atoms with E-state index < -0.39 is 0 Å². The summed E-state index contributed by atoms with van der Waals surface area (Å²) >= 11 is 8.03. The predicted octanol–water partition coefficient (Wildman–Crippen LogP) is 5.38. The van der Waals surface area contributed by atoms with E-state index in [0.717, 1.165) is 28.8 Å². The maximum Gasteiger partial charge on any atom is 0.273 e. The molecule has 3 aromatic carbocycles. The molecule has 0 saturated heterocycles. The molecule has 2 heterocycles. The molecule has 1 aliphatic rings. The van der Waals surface area contributed by atoms with Crippen molar-refractivity contribution in [1.29, 1.82) is 0 Å². The fourth-order valence-electron chi connectivity index (χ4n) is 4.35. The second-order valence-corrected chi connectivity index (χ2v) is 9.94. The van der Waals surface area contributed by atoms with E-state index in [1.54, 1.807) is 16.7 Å². The minimum atomic E-state index is -0.175. The molecule has 1 aliphatic heterocycles. The van der Waals surface area contributed by atoms with Gasteiger partial charge in [0.15, 0.2) is 0 Å². The maximum absolute atomic E-state index is 13.4. The number of carbonyl (C=O) groups is 1. The lowest BCUT2D eigenvalue weighted by molar-refractivity contribution is -0.121. The van der Waals surface area contributed by atoms with Gasteiger partial charge in [-0.15, -0.1) is 11.8 Å². The first-order valence-electron chi connectivity index (χ1n) is 11.3. The van der Waals surface area contributed by atoms with E-state index in [4.69, 9.17) is 11.6 Å². The van der Waals surface area contributed by atoms with Crippen LogP contribution < -0.4 is 10.9 Å². The van der Waals surface area contributed by atoms with Crippen LogP contribution in [0.4, 0.5) is 0 Å². The Morgan fingerprint density at radius 3 is 2.74 bits per heavy atom. The van der Waals surface area contributed by atoms with Gasteiger partial charge in [-0.3, -0.25) is 9.59 Å². The maximum atomic E-state index is 13.4. The smallest absolute Gasteiger partial charge is 0.273 e. The molecule has 0 fully saturated rings. The Morgan fingerprint density at radius 1 is 1.09 bits per heavy atom. The van der Waals surface area contributed by atoms with Gasteiger partial charge in [0.05, 0.1) is 23.6 Å². The van der Waals surface area contributed by atoms with Crippen molar-refractivity contribution in [3.05, 3.63) is 105 Å². The zero-order valence-corrected chi connectivity index (χ0v) is 20.1. The summed E-state index contributed by atoms with van der Waals surface area (Å²) in [6, 6.07) is 23.4. The van der Waals surface area contributed by atoms with Crippen LogP contribution in [0.1, 0.15) is 35.7 Å². The molecule has 1 N–H and O–H groups in total. The van der Waals surface area contributed by atoms with E-state index in [1.165, 1.54) is 4.90 Å². The number of amides is 1. The lowest BCUT2D eigenvalue weighted by atomic mass is 10.0. The lowest BCUT2D eigenvalue weighted by Gasteiger charge is -2.25. The number of aryl methyl sites for hydroxylation is 1. The van der Waals surface area contributed by atoms with Crippen LogP contribution in [0.25, 0.3) is 11.0 Å². The van der Waals surface area contributed by atoms with Crippen molar-refractivity contribution in [2.75, 3.05) is 5.75 Å². The Bertz CT molecular complexity index is 1400. The number of hydrogen-bond donors (Lipinski definition) is 1. The van der Waals surface area contributed by atoms with Crippen LogP contribution >= 0.6 is 23.4 Å². The summed E-state index contributed by atoms with van der Waals surface area (Å²) in [5, 5.41) is 3.71. The van der Waals surface area contributed by atoms with Crippen molar-refractivity contribution in [2.45, 2.75) is 36.7 Å². The number of rotatable bonds is 6. The predicted molar refractivity (Wildman–Crippen MR) is 138 cm³/mol. The SMILES string of the molecule is O=C(CCc1nc2cc(Cl)ccc2n(Cc2ccccc2)c1=O)N[C@@H]1CCSc2ccccc21. The first-order chi connectivity index (χ1) is 16.6. The molecule has 0 radical (unpaired) electrons. The molecule has 1 atom stereocenters. The highest BCUT2D eigenvalue weighted by Crippen LogP contribution is 2.35. The molecule has 5 rings (SSSR count). The van der Waals surface area contributed by atoms with Gasteiger partial charge >= 0.3 is 0 Å². The van der Waals surface area contributed by atoms with Crippen LogP contribution in [0, 0.1) is 0 Å². The summed E-state index contributed by atoms with van der Waals surface area (Å²) in [7, 11) is 0.